The van der Waals surface area contributed by atoms with Crippen LogP contribution < -0.4 is 0 Å². The molecule has 2 aromatic carbocycles. The molecule has 21 heavy (non-hydrogen) atoms. The third kappa shape index (κ3) is 3.17. The summed E-state index contributed by atoms with van der Waals surface area (Å²) in [6.45, 7) is 0. The average molecular weight is 315 g/mol. The second-order valence-electron chi connectivity index (χ2n) is 4.86. The van der Waals surface area contributed by atoms with Crippen LogP contribution in [0.15, 0.2) is 60.0 Å². The number of hydrogen-bond acceptors (Lipinski definition) is 2. The van der Waals surface area contributed by atoms with Gasteiger partial charge in [-0.05, 0) is 17.9 Å². The first kappa shape index (κ1) is 14.3. The highest BCUT2D eigenvalue weighted by Crippen LogP contribution is 2.37. The predicted octanol–water partition coefficient (Wildman–Crippen LogP) is 5.75. The van der Waals surface area contributed by atoms with E-state index in [9.17, 15) is 5.11 Å². The smallest absolute Gasteiger partial charge is 0.130 e. The molecule has 0 aliphatic carbocycles. The molecule has 2 aromatic rings. The molecule has 1 aliphatic heterocycles. The lowest BCUT2D eigenvalue weighted by Crippen LogP contribution is -1.89. The van der Waals surface area contributed by atoms with Crippen molar-refractivity contribution < 1.29 is 5.11 Å². The number of allylic oxidation sites excluding steroid dienone is 1. The van der Waals surface area contributed by atoms with Crippen LogP contribution in [0.25, 0.3) is 17.2 Å². The molecule has 0 saturated heterocycles. The van der Waals surface area contributed by atoms with Gasteiger partial charge < -0.3 is 5.11 Å². The molecule has 0 amide bonds. The SMILES string of the molecule is Oc1c(C=CC2CC=CS2)cccc1-c1ccccc1Cl. The molecule has 1 nitrogen and oxygen atoms in total. The van der Waals surface area contributed by atoms with E-state index in [1.54, 1.807) is 11.8 Å². The standard InChI is InChI=1S/C18H15ClOS/c19-17-9-2-1-7-15(17)16-8-3-5-13(18(16)20)10-11-14-6-4-12-21-14/h1-5,7-12,14,20H,6H2. The van der Waals surface area contributed by atoms with Gasteiger partial charge in [-0.3, -0.25) is 0 Å². The Morgan fingerprint density at radius 3 is 2.67 bits per heavy atom. The third-order valence-electron chi connectivity index (χ3n) is 3.44. The van der Waals surface area contributed by atoms with Gasteiger partial charge in [-0.25, -0.2) is 0 Å². The molecule has 0 saturated carbocycles. The minimum absolute atomic E-state index is 0.276. The topological polar surface area (TPSA) is 20.2 Å². The number of aromatic hydroxyl groups is 1. The summed E-state index contributed by atoms with van der Waals surface area (Å²) < 4.78 is 0. The van der Waals surface area contributed by atoms with Crippen LogP contribution in [0.4, 0.5) is 0 Å². The normalized spacial score (nSPS) is 17.7. The summed E-state index contributed by atoms with van der Waals surface area (Å²) >= 11 is 8.02. The van der Waals surface area contributed by atoms with Crippen molar-refractivity contribution in [1.29, 1.82) is 0 Å². The quantitative estimate of drug-likeness (QED) is 0.779. The molecule has 106 valence electrons. The maximum absolute atomic E-state index is 10.5. The molecule has 1 N–H and O–H groups in total. The van der Waals surface area contributed by atoms with E-state index >= 15 is 0 Å². The van der Waals surface area contributed by atoms with Crippen molar-refractivity contribution in [2.24, 2.45) is 0 Å². The largest absolute Gasteiger partial charge is 0.507 e. The molecule has 0 bridgehead atoms. The second kappa shape index (κ2) is 6.42. The van der Waals surface area contributed by atoms with Crippen molar-refractivity contribution in [3.8, 4) is 16.9 Å². The molecule has 0 spiro atoms. The minimum Gasteiger partial charge on any atom is -0.507 e. The van der Waals surface area contributed by atoms with Gasteiger partial charge in [0, 0.05) is 27.0 Å². The summed E-state index contributed by atoms with van der Waals surface area (Å²) in [5, 5.41) is 13.7. The summed E-state index contributed by atoms with van der Waals surface area (Å²) in [4.78, 5) is 0. The van der Waals surface area contributed by atoms with Crippen LogP contribution in [-0.4, -0.2) is 10.4 Å². The molecule has 3 heteroatoms. The molecule has 0 fully saturated rings. The lowest BCUT2D eigenvalue weighted by Gasteiger charge is -2.09. The molecular weight excluding hydrogens is 300 g/mol. The van der Waals surface area contributed by atoms with E-state index < -0.39 is 0 Å². The number of rotatable bonds is 3. The fraction of sp³-hybridized carbons (Fsp3) is 0.111. The number of phenols is 1. The Hall–Kier alpha value is -1.64. The maximum atomic E-state index is 10.5. The van der Waals surface area contributed by atoms with Crippen molar-refractivity contribution in [2.45, 2.75) is 11.7 Å². The summed E-state index contributed by atoms with van der Waals surface area (Å²) in [6.07, 6.45) is 7.34. The number of thioether (sulfide) groups is 1. The van der Waals surface area contributed by atoms with Crippen LogP contribution in [0.5, 0.6) is 5.75 Å². The Bertz CT molecular complexity index is 698. The Morgan fingerprint density at radius 1 is 1.10 bits per heavy atom. The van der Waals surface area contributed by atoms with Crippen molar-refractivity contribution in [2.75, 3.05) is 0 Å². The van der Waals surface area contributed by atoms with E-state index in [4.69, 9.17) is 11.6 Å². The number of benzene rings is 2. The van der Waals surface area contributed by atoms with Crippen LogP contribution in [0.3, 0.4) is 0 Å². The van der Waals surface area contributed by atoms with E-state index in [0.29, 0.717) is 10.3 Å². The van der Waals surface area contributed by atoms with Crippen LogP contribution in [0, 0.1) is 0 Å². The molecule has 1 atom stereocenters. The van der Waals surface area contributed by atoms with E-state index in [2.05, 4.69) is 17.6 Å². The first-order valence-electron chi connectivity index (χ1n) is 6.81. The van der Waals surface area contributed by atoms with Gasteiger partial charge in [0.25, 0.3) is 0 Å². The fourth-order valence-electron chi connectivity index (χ4n) is 2.33. The summed E-state index contributed by atoms with van der Waals surface area (Å²) in [5.74, 6) is 0.276. The third-order valence-corrected chi connectivity index (χ3v) is 4.82. The molecule has 1 aliphatic rings. The van der Waals surface area contributed by atoms with Crippen LogP contribution in [0.1, 0.15) is 12.0 Å². The predicted molar refractivity (Wildman–Crippen MR) is 92.7 cm³/mol. The summed E-state index contributed by atoms with van der Waals surface area (Å²) in [5.41, 5.74) is 2.43. The summed E-state index contributed by atoms with van der Waals surface area (Å²) in [6, 6.07) is 13.3. The van der Waals surface area contributed by atoms with E-state index in [1.165, 1.54) is 0 Å². The highest BCUT2D eigenvalue weighted by Gasteiger charge is 2.11. The number of para-hydroxylation sites is 1. The van der Waals surface area contributed by atoms with Gasteiger partial charge in [-0.2, -0.15) is 0 Å². The van der Waals surface area contributed by atoms with Gasteiger partial charge in [0.1, 0.15) is 5.75 Å². The van der Waals surface area contributed by atoms with Gasteiger partial charge in [0.2, 0.25) is 0 Å². The van der Waals surface area contributed by atoms with Gasteiger partial charge in [-0.15, -0.1) is 11.8 Å². The van der Waals surface area contributed by atoms with Crippen molar-refractivity contribution in [3.05, 3.63) is 70.6 Å². The molecule has 3 rings (SSSR count). The Morgan fingerprint density at radius 2 is 1.90 bits per heavy atom. The first-order valence-corrected chi connectivity index (χ1v) is 8.13. The van der Waals surface area contributed by atoms with Crippen LogP contribution in [0.2, 0.25) is 5.02 Å². The van der Waals surface area contributed by atoms with E-state index in [0.717, 1.165) is 23.1 Å². The first-order chi connectivity index (χ1) is 10.3. The van der Waals surface area contributed by atoms with Gasteiger partial charge >= 0.3 is 0 Å². The second-order valence-corrected chi connectivity index (χ2v) is 6.42. The van der Waals surface area contributed by atoms with Crippen LogP contribution >= 0.6 is 23.4 Å². The Kier molecular flexibility index (Phi) is 4.37. The zero-order valence-corrected chi connectivity index (χ0v) is 12.9. The van der Waals surface area contributed by atoms with Gasteiger partial charge in [0.15, 0.2) is 0 Å². The van der Waals surface area contributed by atoms with Crippen LogP contribution in [-0.2, 0) is 0 Å². The monoisotopic (exact) mass is 314 g/mol. The number of halogens is 1. The zero-order valence-electron chi connectivity index (χ0n) is 11.4. The highest BCUT2D eigenvalue weighted by molar-refractivity contribution is 8.03. The molecule has 0 aromatic heterocycles. The fourth-order valence-corrected chi connectivity index (χ4v) is 3.38. The van der Waals surface area contributed by atoms with Crippen molar-refractivity contribution >= 4 is 29.4 Å². The minimum atomic E-state index is 0.276. The zero-order chi connectivity index (χ0) is 14.7. The highest BCUT2D eigenvalue weighted by atomic mass is 35.5. The Labute approximate surface area is 134 Å². The van der Waals surface area contributed by atoms with E-state index in [1.807, 2.05) is 48.5 Å². The van der Waals surface area contributed by atoms with Crippen molar-refractivity contribution in [1.82, 2.24) is 0 Å². The van der Waals surface area contributed by atoms with E-state index in [-0.39, 0.29) is 5.75 Å². The maximum Gasteiger partial charge on any atom is 0.130 e. The number of hydrogen-bond donors (Lipinski definition) is 1. The average Bonchev–Trinajstić information content (AvgIpc) is 3.00. The Balaban J connectivity index is 1.94. The molecule has 1 unspecified atom stereocenters. The molecule has 0 radical (unpaired) electrons. The van der Waals surface area contributed by atoms with Gasteiger partial charge in [0.05, 0.1) is 0 Å². The number of phenolic OH excluding ortho intramolecular Hbond substituents is 1. The molecular formula is C18H15ClOS. The van der Waals surface area contributed by atoms with Crippen molar-refractivity contribution in [3.63, 3.8) is 0 Å². The van der Waals surface area contributed by atoms with Gasteiger partial charge in [-0.1, -0.05) is 66.2 Å². The summed E-state index contributed by atoms with van der Waals surface area (Å²) in [7, 11) is 0. The lowest BCUT2D eigenvalue weighted by molar-refractivity contribution is 0.476. The molecule has 1 heterocycles. The lowest BCUT2D eigenvalue weighted by atomic mass is 10.0.